The first kappa shape index (κ1) is 18.6. The highest BCUT2D eigenvalue weighted by atomic mass is 32.2. The quantitative estimate of drug-likeness (QED) is 0.410. The Hall–Kier alpha value is -0.420. The van der Waals surface area contributed by atoms with Gasteiger partial charge in [-0.1, -0.05) is 0 Å². The maximum absolute atomic E-state index is 11.8. The van der Waals surface area contributed by atoms with E-state index in [1.54, 1.807) is 0 Å². The molecule has 0 saturated carbocycles. The minimum Gasteiger partial charge on any atom is -0.382 e. The minimum absolute atomic E-state index is 0.134. The number of methoxy groups -OCH3 is 1. The maximum atomic E-state index is 11.8. The molecule has 19 heavy (non-hydrogen) atoms. The Morgan fingerprint density at radius 3 is 1.84 bits per heavy atom. The SMILES string of the molecule is COCCOCCOCCOS(=O)(=O)CC(F)(F)F. The Morgan fingerprint density at radius 2 is 1.37 bits per heavy atom. The number of ether oxygens (including phenoxy) is 3. The van der Waals surface area contributed by atoms with Crippen LogP contribution in [0, 0.1) is 0 Å². The fourth-order valence-corrected chi connectivity index (χ4v) is 1.73. The third kappa shape index (κ3) is 13.8. The van der Waals surface area contributed by atoms with Gasteiger partial charge >= 0.3 is 6.18 Å². The van der Waals surface area contributed by atoms with Gasteiger partial charge in [-0.2, -0.15) is 21.6 Å². The van der Waals surface area contributed by atoms with Crippen LogP contribution >= 0.6 is 0 Å². The van der Waals surface area contributed by atoms with Crippen LogP contribution in [0.3, 0.4) is 0 Å². The Bertz CT molecular complexity index is 316. The van der Waals surface area contributed by atoms with Gasteiger partial charge in [-0.05, 0) is 0 Å². The second-order valence-electron chi connectivity index (χ2n) is 3.36. The van der Waals surface area contributed by atoms with Crippen LogP contribution in [0.1, 0.15) is 0 Å². The summed E-state index contributed by atoms with van der Waals surface area (Å²) in [6, 6.07) is 0. The molecule has 0 atom stereocenters. The summed E-state index contributed by atoms with van der Waals surface area (Å²) in [6.45, 7) is 0.710. The van der Waals surface area contributed by atoms with Gasteiger partial charge < -0.3 is 14.2 Å². The van der Waals surface area contributed by atoms with Gasteiger partial charge in [-0.25, -0.2) is 0 Å². The summed E-state index contributed by atoms with van der Waals surface area (Å²) in [5, 5.41) is 0. The summed E-state index contributed by atoms with van der Waals surface area (Å²) in [6.07, 6.45) is -4.81. The largest absolute Gasteiger partial charge is 0.405 e. The van der Waals surface area contributed by atoms with E-state index < -0.39 is 28.7 Å². The number of halogens is 3. The molecule has 0 aliphatic rings. The highest BCUT2D eigenvalue weighted by Crippen LogP contribution is 2.17. The van der Waals surface area contributed by atoms with Crippen molar-refractivity contribution in [2.24, 2.45) is 0 Å². The lowest BCUT2D eigenvalue weighted by molar-refractivity contribution is -0.107. The smallest absolute Gasteiger partial charge is 0.382 e. The Kier molecular flexibility index (Phi) is 9.27. The van der Waals surface area contributed by atoms with Crippen LogP contribution in [0.5, 0.6) is 0 Å². The molecule has 0 aliphatic carbocycles. The molecule has 0 fully saturated rings. The summed E-state index contributed by atoms with van der Waals surface area (Å²) >= 11 is 0. The highest BCUT2D eigenvalue weighted by Gasteiger charge is 2.35. The van der Waals surface area contributed by atoms with Crippen molar-refractivity contribution in [1.82, 2.24) is 0 Å². The molecule has 6 nitrogen and oxygen atoms in total. The van der Waals surface area contributed by atoms with Crippen molar-refractivity contribution in [2.75, 3.05) is 52.5 Å². The molecule has 0 amide bonds. The van der Waals surface area contributed by atoms with Gasteiger partial charge in [0.15, 0.2) is 5.75 Å². The predicted octanol–water partition coefficient (Wildman–Crippen LogP) is 0.575. The van der Waals surface area contributed by atoms with E-state index in [0.717, 1.165) is 0 Å². The van der Waals surface area contributed by atoms with E-state index in [9.17, 15) is 21.6 Å². The maximum Gasteiger partial charge on any atom is 0.405 e. The lowest BCUT2D eigenvalue weighted by atomic mass is 10.7. The van der Waals surface area contributed by atoms with Crippen molar-refractivity contribution in [3.63, 3.8) is 0 Å². The normalized spacial score (nSPS) is 12.8. The van der Waals surface area contributed by atoms with E-state index in [4.69, 9.17) is 14.2 Å². The van der Waals surface area contributed by atoms with Crippen molar-refractivity contribution in [3.05, 3.63) is 0 Å². The summed E-state index contributed by atoms with van der Waals surface area (Å²) in [7, 11) is -3.07. The standard InChI is InChI=1S/C9H17F3O6S/c1-15-2-3-16-4-5-17-6-7-18-19(13,14)8-9(10,11)12/h2-8H2,1H3. The zero-order chi connectivity index (χ0) is 14.8. The van der Waals surface area contributed by atoms with Crippen LogP contribution in [0.4, 0.5) is 13.2 Å². The number of alkyl halides is 3. The van der Waals surface area contributed by atoms with E-state index in [0.29, 0.717) is 13.2 Å². The Balaban J connectivity index is 3.49. The first-order valence-corrected chi connectivity index (χ1v) is 6.93. The van der Waals surface area contributed by atoms with E-state index in [2.05, 4.69) is 4.18 Å². The lowest BCUT2D eigenvalue weighted by Crippen LogP contribution is -2.25. The molecule has 0 spiro atoms. The molecule has 0 aromatic carbocycles. The van der Waals surface area contributed by atoms with Gasteiger partial charge in [0.05, 0.1) is 39.6 Å². The molecule has 0 aromatic heterocycles. The number of hydrogen-bond donors (Lipinski definition) is 0. The molecule has 0 aliphatic heterocycles. The van der Waals surface area contributed by atoms with Crippen molar-refractivity contribution < 1.29 is 40.0 Å². The van der Waals surface area contributed by atoms with Crippen molar-refractivity contribution >= 4 is 10.1 Å². The molecule has 0 saturated heterocycles. The predicted molar refractivity (Wildman–Crippen MR) is 59.3 cm³/mol. The minimum atomic E-state index is -4.81. The van der Waals surface area contributed by atoms with Crippen LogP contribution in [0.15, 0.2) is 0 Å². The molecule has 0 aromatic rings. The van der Waals surface area contributed by atoms with Crippen molar-refractivity contribution in [1.29, 1.82) is 0 Å². The average molecular weight is 310 g/mol. The van der Waals surface area contributed by atoms with Gasteiger partial charge in [-0.3, -0.25) is 4.18 Å². The van der Waals surface area contributed by atoms with E-state index >= 15 is 0 Å². The molecule has 0 radical (unpaired) electrons. The van der Waals surface area contributed by atoms with Crippen LogP contribution < -0.4 is 0 Å². The second kappa shape index (κ2) is 9.48. The summed E-state index contributed by atoms with van der Waals surface area (Å²) in [5.41, 5.74) is 0. The van der Waals surface area contributed by atoms with Crippen molar-refractivity contribution in [2.45, 2.75) is 6.18 Å². The molecule has 0 unspecified atom stereocenters. The average Bonchev–Trinajstić information content (AvgIpc) is 2.23. The zero-order valence-corrected chi connectivity index (χ0v) is 11.3. The fourth-order valence-electron chi connectivity index (χ4n) is 0.926. The topological polar surface area (TPSA) is 71.1 Å². The highest BCUT2D eigenvalue weighted by molar-refractivity contribution is 7.86. The number of hydrogen-bond acceptors (Lipinski definition) is 6. The molecular weight excluding hydrogens is 293 g/mol. The molecule has 0 heterocycles. The van der Waals surface area contributed by atoms with Gasteiger partial charge in [0, 0.05) is 7.11 Å². The van der Waals surface area contributed by atoms with E-state index in [1.165, 1.54) is 7.11 Å². The molecule has 116 valence electrons. The summed E-state index contributed by atoms with van der Waals surface area (Å²) in [5.74, 6) is -2.00. The molecule has 0 bridgehead atoms. The van der Waals surface area contributed by atoms with Crippen LogP contribution in [-0.2, 0) is 28.5 Å². The monoisotopic (exact) mass is 310 g/mol. The molecule has 0 N–H and O–H groups in total. The van der Waals surface area contributed by atoms with Crippen LogP contribution in [-0.4, -0.2) is 67.1 Å². The Labute approximate surface area is 109 Å². The van der Waals surface area contributed by atoms with E-state index in [-0.39, 0.29) is 19.8 Å². The van der Waals surface area contributed by atoms with Crippen molar-refractivity contribution in [3.8, 4) is 0 Å². The van der Waals surface area contributed by atoms with Gasteiger partial charge in [0.25, 0.3) is 10.1 Å². The molecular formula is C9H17F3O6S. The Morgan fingerprint density at radius 1 is 0.895 bits per heavy atom. The first-order valence-electron chi connectivity index (χ1n) is 5.35. The fraction of sp³-hybridized carbons (Fsp3) is 1.00. The number of rotatable bonds is 11. The van der Waals surface area contributed by atoms with Crippen LogP contribution in [0.2, 0.25) is 0 Å². The van der Waals surface area contributed by atoms with Gasteiger partial charge in [0.1, 0.15) is 0 Å². The van der Waals surface area contributed by atoms with Gasteiger partial charge in [0.2, 0.25) is 0 Å². The summed E-state index contributed by atoms with van der Waals surface area (Å²) < 4.78 is 75.8. The second-order valence-corrected chi connectivity index (χ2v) is 5.00. The lowest BCUT2D eigenvalue weighted by Gasteiger charge is -2.08. The summed E-state index contributed by atoms with van der Waals surface area (Å²) in [4.78, 5) is 0. The molecule has 0 rings (SSSR count). The third-order valence-electron chi connectivity index (χ3n) is 1.63. The van der Waals surface area contributed by atoms with Gasteiger partial charge in [-0.15, -0.1) is 0 Å². The third-order valence-corrected chi connectivity index (χ3v) is 2.84. The zero-order valence-electron chi connectivity index (χ0n) is 10.4. The van der Waals surface area contributed by atoms with E-state index in [1.807, 2.05) is 0 Å². The first-order chi connectivity index (χ1) is 8.77. The van der Waals surface area contributed by atoms with Crippen LogP contribution in [0.25, 0.3) is 0 Å². The molecule has 10 heteroatoms.